The molecule has 176 valence electrons. The van der Waals surface area contributed by atoms with Crippen molar-refractivity contribution in [2.24, 2.45) is 0 Å². The van der Waals surface area contributed by atoms with Gasteiger partial charge < -0.3 is 9.47 Å². The highest BCUT2D eigenvalue weighted by Gasteiger charge is 2.02. The second kappa shape index (κ2) is 24.0. The summed E-state index contributed by atoms with van der Waals surface area (Å²) < 4.78 is 10.4. The standard InChI is InChI=1S/C26H48O4/c1-3-5-19-23-29-25(27)21-17-15-13-11-9-7-8-10-12-14-16-18-22-26(28)30-24-20-6-4-2/h7-8H,3-6,9-24H2,1-2H3/b8-7+. The largest absolute Gasteiger partial charge is 0.466 e. The van der Waals surface area contributed by atoms with Gasteiger partial charge in [-0.15, -0.1) is 0 Å². The zero-order valence-corrected chi connectivity index (χ0v) is 19.9. The molecule has 0 N–H and O–H groups in total. The van der Waals surface area contributed by atoms with E-state index in [-0.39, 0.29) is 11.9 Å². The number of ether oxygens (including phenoxy) is 2. The van der Waals surface area contributed by atoms with Crippen molar-refractivity contribution in [1.29, 1.82) is 0 Å². The molecule has 0 spiro atoms. The predicted octanol–water partition coefficient (Wildman–Crippen LogP) is 7.69. The van der Waals surface area contributed by atoms with Crippen LogP contribution in [0.5, 0.6) is 0 Å². The van der Waals surface area contributed by atoms with Crippen molar-refractivity contribution in [3.05, 3.63) is 12.2 Å². The van der Waals surface area contributed by atoms with E-state index in [4.69, 9.17) is 9.47 Å². The molecule has 0 aliphatic rings. The number of carbonyl (C=O) groups excluding carboxylic acids is 2. The SMILES string of the molecule is CCCCCOC(=O)CCCCCC/C=C/CCCCCCC(=O)OCCCCC. The third-order valence-electron chi connectivity index (χ3n) is 5.19. The van der Waals surface area contributed by atoms with Gasteiger partial charge in [0.15, 0.2) is 0 Å². The summed E-state index contributed by atoms with van der Waals surface area (Å²) >= 11 is 0. The van der Waals surface area contributed by atoms with Crippen molar-refractivity contribution in [2.45, 2.75) is 129 Å². The summed E-state index contributed by atoms with van der Waals surface area (Å²) in [6, 6.07) is 0. The van der Waals surface area contributed by atoms with Crippen LogP contribution in [0.2, 0.25) is 0 Å². The molecule has 0 bridgehead atoms. The fourth-order valence-corrected chi connectivity index (χ4v) is 3.23. The first-order valence-corrected chi connectivity index (χ1v) is 12.7. The van der Waals surface area contributed by atoms with E-state index < -0.39 is 0 Å². The topological polar surface area (TPSA) is 52.6 Å². The molecule has 0 atom stereocenters. The summed E-state index contributed by atoms with van der Waals surface area (Å²) in [5.74, 6) is -0.0651. The van der Waals surface area contributed by atoms with Gasteiger partial charge in [0.25, 0.3) is 0 Å². The summed E-state index contributed by atoms with van der Waals surface area (Å²) in [5.41, 5.74) is 0. The molecule has 0 aromatic heterocycles. The average Bonchev–Trinajstić information content (AvgIpc) is 2.74. The Labute approximate surface area is 186 Å². The third-order valence-corrected chi connectivity index (χ3v) is 5.19. The van der Waals surface area contributed by atoms with Gasteiger partial charge in [0.2, 0.25) is 0 Å². The van der Waals surface area contributed by atoms with Crippen LogP contribution in [0.25, 0.3) is 0 Å². The van der Waals surface area contributed by atoms with Gasteiger partial charge in [-0.3, -0.25) is 9.59 Å². The van der Waals surface area contributed by atoms with Crippen molar-refractivity contribution < 1.29 is 19.1 Å². The molecule has 4 nitrogen and oxygen atoms in total. The first-order valence-electron chi connectivity index (χ1n) is 12.7. The van der Waals surface area contributed by atoms with Gasteiger partial charge in [-0.1, -0.05) is 77.4 Å². The molecule has 30 heavy (non-hydrogen) atoms. The Morgan fingerprint density at radius 1 is 0.533 bits per heavy atom. The van der Waals surface area contributed by atoms with Crippen molar-refractivity contribution in [2.75, 3.05) is 13.2 Å². The lowest BCUT2D eigenvalue weighted by Crippen LogP contribution is -2.05. The molecule has 0 heterocycles. The first kappa shape index (κ1) is 28.7. The first-order chi connectivity index (χ1) is 14.7. The van der Waals surface area contributed by atoms with E-state index in [1.54, 1.807) is 0 Å². The molecule has 0 fully saturated rings. The number of allylic oxidation sites excluding steroid dienone is 2. The second-order valence-corrected chi connectivity index (χ2v) is 8.23. The quantitative estimate of drug-likeness (QED) is 0.101. The molecule has 4 heteroatoms. The number of esters is 2. The van der Waals surface area contributed by atoms with Crippen LogP contribution >= 0.6 is 0 Å². The highest BCUT2D eigenvalue weighted by molar-refractivity contribution is 5.69. The monoisotopic (exact) mass is 424 g/mol. The maximum atomic E-state index is 11.5. The molecule has 0 aromatic carbocycles. The van der Waals surface area contributed by atoms with Gasteiger partial charge in [-0.05, 0) is 51.4 Å². The van der Waals surface area contributed by atoms with Gasteiger partial charge >= 0.3 is 11.9 Å². The van der Waals surface area contributed by atoms with Crippen LogP contribution in [0.3, 0.4) is 0 Å². The van der Waals surface area contributed by atoms with Crippen LogP contribution in [0.4, 0.5) is 0 Å². The van der Waals surface area contributed by atoms with Crippen LogP contribution in [0.15, 0.2) is 12.2 Å². The summed E-state index contributed by atoms with van der Waals surface area (Å²) in [5, 5.41) is 0. The molecular weight excluding hydrogens is 376 g/mol. The fraction of sp³-hybridized carbons (Fsp3) is 0.846. The summed E-state index contributed by atoms with van der Waals surface area (Å²) in [4.78, 5) is 23.1. The molecule has 0 amide bonds. The van der Waals surface area contributed by atoms with E-state index in [0.29, 0.717) is 26.1 Å². The number of rotatable bonds is 22. The van der Waals surface area contributed by atoms with Crippen molar-refractivity contribution in [3.8, 4) is 0 Å². The van der Waals surface area contributed by atoms with Crippen molar-refractivity contribution >= 4 is 11.9 Å². The lowest BCUT2D eigenvalue weighted by molar-refractivity contribution is -0.144. The number of unbranched alkanes of at least 4 members (excludes halogenated alkanes) is 12. The zero-order chi connectivity index (χ0) is 22.1. The third kappa shape index (κ3) is 23.0. The minimum atomic E-state index is -0.0325. The van der Waals surface area contributed by atoms with E-state index in [1.807, 2.05) is 0 Å². The Balaban J connectivity index is 3.27. The van der Waals surface area contributed by atoms with E-state index in [0.717, 1.165) is 77.0 Å². The van der Waals surface area contributed by atoms with Gasteiger partial charge in [-0.2, -0.15) is 0 Å². The lowest BCUT2D eigenvalue weighted by Gasteiger charge is -2.04. The van der Waals surface area contributed by atoms with E-state index in [2.05, 4.69) is 26.0 Å². The minimum Gasteiger partial charge on any atom is -0.466 e. The molecule has 0 saturated carbocycles. The molecule has 0 aliphatic heterocycles. The van der Waals surface area contributed by atoms with Crippen molar-refractivity contribution in [3.63, 3.8) is 0 Å². The van der Waals surface area contributed by atoms with Gasteiger partial charge in [0.1, 0.15) is 0 Å². The second-order valence-electron chi connectivity index (χ2n) is 8.23. The average molecular weight is 425 g/mol. The van der Waals surface area contributed by atoms with Crippen LogP contribution < -0.4 is 0 Å². The summed E-state index contributed by atoms with van der Waals surface area (Å²) in [6.45, 7) is 5.47. The Kier molecular flexibility index (Phi) is 22.9. The number of carbonyl (C=O) groups is 2. The fourth-order valence-electron chi connectivity index (χ4n) is 3.23. The maximum absolute atomic E-state index is 11.5. The lowest BCUT2D eigenvalue weighted by atomic mass is 10.1. The van der Waals surface area contributed by atoms with Crippen LogP contribution in [-0.2, 0) is 19.1 Å². The van der Waals surface area contributed by atoms with Crippen LogP contribution in [-0.4, -0.2) is 25.2 Å². The van der Waals surface area contributed by atoms with E-state index in [1.165, 1.54) is 25.7 Å². The molecule has 0 aromatic rings. The van der Waals surface area contributed by atoms with Crippen LogP contribution in [0, 0.1) is 0 Å². The molecule has 0 unspecified atom stereocenters. The van der Waals surface area contributed by atoms with Gasteiger partial charge in [-0.25, -0.2) is 0 Å². The molecule has 0 rings (SSSR count). The number of hydrogen-bond donors (Lipinski definition) is 0. The normalized spacial score (nSPS) is 11.1. The highest BCUT2D eigenvalue weighted by atomic mass is 16.5. The molecule has 0 saturated heterocycles. The van der Waals surface area contributed by atoms with Crippen molar-refractivity contribution in [1.82, 2.24) is 0 Å². The van der Waals surface area contributed by atoms with E-state index in [9.17, 15) is 9.59 Å². The minimum absolute atomic E-state index is 0.0325. The van der Waals surface area contributed by atoms with Gasteiger partial charge in [0, 0.05) is 12.8 Å². The van der Waals surface area contributed by atoms with Crippen LogP contribution in [0.1, 0.15) is 129 Å². The molecule has 0 radical (unpaired) electrons. The summed E-state index contributed by atoms with van der Waals surface area (Å²) in [6.07, 6.45) is 23.4. The smallest absolute Gasteiger partial charge is 0.305 e. The predicted molar refractivity (Wildman–Crippen MR) is 126 cm³/mol. The molecular formula is C26H48O4. The molecule has 0 aliphatic carbocycles. The maximum Gasteiger partial charge on any atom is 0.305 e. The Hall–Kier alpha value is -1.32. The van der Waals surface area contributed by atoms with Gasteiger partial charge in [0.05, 0.1) is 13.2 Å². The van der Waals surface area contributed by atoms with E-state index >= 15 is 0 Å². The summed E-state index contributed by atoms with van der Waals surface area (Å²) in [7, 11) is 0. The Morgan fingerprint density at radius 3 is 1.33 bits per heavy atom. The number of hydrogen-bond acceptors (Lipinski definition) is 4. The Bertz CT molecular complexity index is 379. The Morgan fingerprint density at radius 2 is 0.933 bits per heavy atom. The highest BCUT2D eigenvalue weighted by Crippen LogP contribution is 2.10. The zero-order valence-electron chi connectivity index (χ0n) is 19.9.